The fourth-order valence-electron chi connectivity index (χ4n) is 1.56. The molecule has 0 radical (unpaired) electrons. The van der Waals surface area contributed by atoms with Crippen LogP contribution < -0.4 is 5.32 Å². The second-order valence-corrected chi connectivity index (χ2v) is 4.32. The standard InChI is InChI=1S/C11H24N2/c1-4-13(9-11-5-6-11)8-7-10(2)12-3/h10-12H,4-9H2,1-3H3. The Kier molecular flexibility index (Phi) is 4.74. The van der Waals surface area contributed by atoms with Crippen molar-refractivity contribution in [3.8, 4) is 0 Å². The zero-order valence-corrected chi connectivity index (χ0v) is 9.34. The molecular weight excluding hydrogens is 160 g/mol. The summed E-state index contributed by atoms with van der Waals surface area (Å²) in [6.07, 6.45) is 4.22. The third-order valence-electron chi connectivity index (χ3n) is 3.03. The predicted molar refractivity (Wildman–Crippen MR) is 58.0 cm³/mol. The number of nitrogens with zero attached hydrogens (tertiary/aromatic N) is 1. The normalized spacial score (nSPS) is 19.4. The van der Waals surface area contributed by atoms with Crippen LogP contribution in [0.4, 0.5) is 0 Å². The van der Waals surface area contributed by atoms with Crippen molar-refractivity contribution in [3.63, 3.8) is 0 Å². The van der Waals surface area contributed by atoms with E-state index in [2.05, 4.69) is 24.1 Å². The van der Waals surface area contributed by atoms with E-state index < -0.39 is 0 Å². The van der Waals surface area contributed by atoms with Crippen LogP contribution in [0.5, 0.6) is 0 Å². The van der Waals surface area contributed by atoms with Crippen molar-refractivity contribution in [1.82, 2.24) is 10.2 Å². The van der Waals surface area contributed by atoms with E-state index in [1.165, 1.54) is 38.9 Å². The SMILES string of the molecule is CCN(CCC(C)NC)CC1CC1. The molecule has 0 aromatic heterocycles. The molecule has 13 heavy (non-hydrogen) atoms. The fourth-order valence-corrected chi connectivity index (χ4v) is 1.56. The lowest BCUT2D eigenvalue weighted by atomic mass is 10.2. The molecule has 1 saturated carbocycles. The molecule has 0 amide bonds. The van der Waals surface area contributed by atoms with Gasteiger partial charge in [-0.05, 0) is 52.2 Å². The summed E-state index contributed by atoms with van der Waals surface area (Å²) in [6.45, 7) is 8.34. The maximum absolute atomic E-state index is 3.29. The fraction of sp³-hybridized carbons (Fsp3) is 1.00. The van der Waals surface area contributed by atoms with Crippen LogP contribution in [0.25, 0.3) is 0 Å². The van der Waals surface area contributed by atoms with E-state index in [1.54, 1.807) is 0 Å². The van der Waals surface area contributed by atoms with Gasteiger partial charge in [-0.3, -0.25) is 0 Å². The number of rotatable bonds is 7. The first-order chi connectivity index (χ1) is 6.26. The first kappa shape index (κ1) is 11.0. The van der Waals surface area contributed by atoms with Gasteiger partial charge >= 0.3 is 0 Å². The minimum atomic E-state index is 0.660. The van der Waals surface area contributed by atoms with Crippen LogP contribution in [0.2, 0.25) is 0 Å². The summed E-state index contributed by atoms with van der Waals surface area (Å²) in [6, 6.07) is 0.660. The molecule has 0 bridgehead atoms. The molecule has 1 aliphatic carbocycles. The van der Waals surface area contributed by atoms with E-state index in [0.717, 1.165) is 5.92 Å². The van der Waals surface area contributed by atoms with E-state index in [1.807, 2.05) is 7.05 Å². The van der Waals surface area contributed by atoms with Crippen LogP contribution in [0.3, 0.4) is 0 Å². The van der Waals surface area contributed by atoms with Gasteiger partial charge in [-0.1, -0.05) is 6.92 Å². The van der Waals surface area contributed by atoms with E-state index in [-0.39, 0.29) is 0 Å². The van der Waals surface area contributed by atoms with Crippen LogP contribution in [-0.2, 0) is 0 Å². The largest absolute Gasteiger partial charge is 0.317 e. The molecule has 1 N–H and O–H groups in total. The van der Waals surface area contributed by atoms with E-state index >= 15 is 0 Å². The summed E-state index contributed by atoms with van der Waals surface area (Å²) >= 11 is 0. The Labute approximate surface area is 82.7 Å². The minimum Gasteiger partial charge on any atom is -0.317 e. The molecule has 1 rings (SSSR count). The molecule has 1 fully saturated rings. The average Bonchev–Trinajstić information content (AvgIpc) is 2.95. The van der Waals surface area contributed by atoms with Gasteiger partial charge in [0.1, 0.15) is 0 Å². The molecule has 0 saturated heterocycles. The summed E-state index contributed by atoms with van der Waals surface area (Å²) in [4.78, 5) is 2.59. The van der Waals surface area contributed by atoms with E-state index in [0.29, 0.717) is 6.04 Å². The summed E-state index contributed by atoms with van der Waals surface area (Å²) in [5.41, 5.74) is 0. The number of hydrogen-bond donors (Lipinski definition) is 1. The molecule has 78 valence electrons. The molecule has 1 unspecified atom stereocenters. The Morgan fingerprint density at radius 1 is 1.46 bits per heavy atom. The van der Waals surface area contributed by atoms with Crippen LogP contribution >= 0.6 is 0 Å². The van der Waals surface area contributed by atoms with Crippen molar-refractivity contribution in [2.24, 2.45) is 5.92 Å². The topological polar surface area (TPSA) is 15.3 Å². The summed E-state index contributed by atoms with van der Waals surface area (Å²) in [7, 11) is 2.04. The molecule has 0 aromatic rings. The zero-order chi connectivity index (χ0) is 9.68. The minimum absolute atomic E-state index is 0.660. The van der Waals surface area contributed by atoms with Gasteiger partial charge < -0.3 is 10.2 Å². The molecule has 0 aromatic carbocycles. The zero-order valence-electron chi connectivity index (χ0n) is 9.34. The lowest BCUT2D eigenvalue weighted by molar-refractivity contribution is 0.263. The monoisotopic (exact) mass is 184 g/mol. The molecule has 0 heterocycles. The maximum atomic E-state index is 3.29. The Hall–Kier alpha value is -0.0800. The van der Waals surface area contributed by atoms with Crippen molar-refractivity contribution < 1.29 is 0 Å². The van der Waals surface area contributed by atoms with Crippen molar-refractivity contribution in [1.29, 1.82) is 0 Å². The van der Waals surface area contributed by atoms with Crippen LogP contribution in [0.15, 0.2) is 0 Å². The van der Waals surface area contributed by atoms with Crippen molar-refractivity contribution in [3.05, 3.63) is 0 Å². The second-order valence-electron chi connectivity index (χ2n) is 4.32. The molecular formula is C11H24N2. The molecule has 2 heteroatoms. The lowest BCUT2D eigenvalue weighted by Crippen LogP contribution is -2.32. The Bertz CT molecular complexity index is 132. The van der Waals surface area contributed by atoms with E-state index in [9.17, 15) is 0 Å². The van der Waals surface area contributed by atoms with Crippen LogP contribution in [0, 0.1) is 5.92 Å². The van der Waals surface area contributed by atoms with Gasteiger partial charge in [-0.15, -0.1) is 0 Å². The van der Waals surface area contributed by atoms with Gasteiger partial charge in [0.25, 0.3) is 0 Å². The van der Waals surface area contributed by atoms with Crippen molar-refractivity contribution >= 4 is 0 Å². The molecule has 2 nitrogen and oxygen atoms in total. The highest BCUT2D eigenvalue weighted by molar-refractivity contribution is 4.77. The van der Waals surface area contributed by atoms with Gasteiger partial charge in [0.2, 0.25) is 0 Å². The van der Waals surface area contributed by atoms with E-state index in [4.69, 9.17) is 0 Å². The average molecular weight is 184 g/mol. The van der Waals surface area contributed by atoms with Crippen LogP contribution in [0.1, 0.15) is 33.1 Å². The van der Waals surface area contributed by atoms with Crippen LogP contribution in [-0.4, -0.2) is 37.6 Å². The van der Waals surface area contributed by atoms with Crippen molar-refractivity contribution in [2.45, 2.75) is 39.2 Å². The highest BCUT2D eigenvalue weighted by atomic mass is 15.1. The van der Waals surface area contributed by atoms with Gasteiger partial charge in [0.05, 0.1) is 0 Å². The Morgan fingerprint density at radius 3 is 2.62 bits per heavy atom. The maximum Gasteiger partial charge on any atom is 0.00479 e. The molecule has 1 atom stereocenters. The van der Waals surface area contributed by atoms with Gasteiger partial charge in [0.15, 0.2) is 0 Å². The number of hydrogen-bond acceptors (Lipinski definition) is 2. The summed E-state index contributed by atoms with van der Waals surface area (Å²) in [5, 5.41) is 3.29. The summed E-state index contributed by atoms with van der Waals surface area (Å²) < 4.78 is 0. The number of nitrogens with one attached hydrogen (secondary N) is 1. The lowest BCUT2D eigenvalue weighted by Gasteiger charge is -2.21. The highest BCUT2D eigenvalue weighted by Gasteiger charge is 2.23. The molecule has 0 aliphatic heterocycles. The van der Waals surface area contributed by atoms with Gasteiger partial charge in [-0.2, -0.15) is 0 Å². The highest BCUT2D eigenvalue weighted by Crippen LogP contribution is 2.29. The quantitative estimate of drug-likeness (QED) is 0.648. The Balaban J connectivity index is 2.07. The van der Waals surface area contributed by atoms with Crippen molar-refractivity contribution in [2.75, 3.05) is 26.7 Å². The first-order valence-electron chi connectivity index (χ1n) is 5.65. The smallest absolute Gasteiger partial charge is 0.00479 e. The molecule has 1 aliphatic rings. The van der Waals surface area contributed by atoms with Gasteiger partial charge in [0, 0.05) is 12.6 Å². The second kappa shape index (κ2) is 5.61. The Morgan fingerprint density at radius 2 is 2.15 bits per heavy atom. The third kappa shape index (κ3) is 4.63. The molecule has 0 spiro atoms. The first-order valence-corrected chi connectivity index (χ1v) is 5.65. The summed E-state index contributed by atoms with van der Waals surface area (Å²) in [5.74, 6) is 1.03. The van der Waals surface area contributed by atoms with Gasteiger partial charge in [-0.25, -0.2) is 0 Å². The third-order valence-corrected chi connectivity index (χ3v) is 3.03. The predicted octanol–water partition coefficient (Wildman–Crippen LogP) is 1.72.